The van der Waals surface area contributed by atoms with Gasteiger partial charge in [0.05, 0.1) is 12.8 Å². The lowest BCUT2D eigenvalue weighted by atomic mass is 10.1. The van der Waals surface area contributed by atoms with E-state index in [-0.39, 0.29) is 0 Å². The third-order valence-electron chi connectivity index (χ3n) is 2.83. The van der Waals surface area contributed by atoms with Gasteiger partial charge in [-0.3, -0.25) is 4.79 Å². The van der Waals surface area contributed by atoms with Crippen molar-refractivity contribution in [1.29, 1.82) is 0 Å². The van der Waals surface area contributed by atoms with Gasteiger partial charge in [-0.25, -0.2) is 4.98 Å². The number of ether oxygens (including phenoxy) is 1. The van der Waals surface area contributed by atoms with Crippen LogP contribution in [0.4, 0.5) is 0 Å². The maximum Gasteiger partial charge on any atom is 0.216 e. The van der Waals surface area contributed by atoms with Gasteiger partial charge in [-0.15, -0.1) is 0 Å². The van der Waals surface area contributed by atoms with Gasteiger partial charge in [0.2, 0.25) is 5.88 Å². The zero-order valence-corrected chi connectivity index (χ0v) is 10.7. The van der Waals surface area contributed by atoms with Crippen LogP contribution in [0, 0.1) is 6.92 Å². The van der Waals surface area contributed by atoms with E-state index in [4.69, 9.17) is 9.15 Å². The Labute approximate surface area is 106 Å². The number of aromatic nitrogens is 1. The fourth-order valence-corrected chi connectivity index (χ4v) is 1.87. The smallest absolute Gasteiger partial charge is 0.216 e. The molecule has 4 nitrogen and oxygen atoms in total. The fraction of sp³-hybridized carbons (Fsp3) is 0.286. The highest BCUT2D eigenvalue weighted by Gasteiger charge is 2.13. The van der Waals surface area contributed by atoms with Crippen molar-refractivity contribution in [3.05, 3.63) is 35.2 Å². The Morgan fingerprint density at radius 3 is 2.78 bits per heavy atom. The van der Waals surface area contributed by atoms with E-state index in [9.17, 15) is 4.79 Å². The van der Waals surface area contributed by atoms with Gasteiger partial charge in [0.1, 0.15) is 5.76 Å². The van der Waals surface area contributed by atoms with Crippen LogP contribution in [0.3, 0.4) is 0 Å². The van der Waals surface area contributed by atoms with Gasteiger partial charge in [-0.05, 0) is 31.5 Å². The zero-order chi connectivity index (χ0) is 13.1. The summed E-state index contributed by atoms with van der Waals surface area (Å²) in [4.78, 5) is 15.0. The van der Waals surface area contributed by atoms with Gasteiger partial charge >= 0.3 is 0 Å². The highest BCUT2D eigenvalue weighted by atomic mass is 16.5. The van der Waals surface area contributed by atoms with Crippen LogP contribution in [0.1, 0.15) is 28.7 Å². The second-order valence-electron chi connectivity index (χ2n) is 3.96. The molecule has 0 aromatic carbocycles. The van der Waals surface area contributed by atoms with E-state index in [1.165, 1.54) is 0 Å². The van der Waals surface area contributed by atoms with Crippen LogP contribution in [0.15, 0.2) is 22.6 Å². The van der Waals surface area contributed by atoms with Crippen molar-refractivity contribution in [3.63, 3.8) is 0 Å². The average molecular weight is 245 g/mol. The number of pyridine rings is 1. The predicted octanol–water partition coefficient (Wildman–Crippen LogP) is 3.03. The largest absolute Gasteiger partial charge is 0.481 e. The van der Waals surface area contributed by atoms with Crippen LogP contribution < -0.4 is 4.74 Å². The molecule has 0 aliphatic heterocycles. The summed E-state index contributed by atoms with van der Waals surface area (Å²) in [6.45, 7) is 3.93. The molecule has 0 amide bonds. The number of rotatable bonds is 4. The molecule has 0 atom stereocenters. The van der Waals surface area contributed by atoms with Crippen molar-refractivity contribution in [3.8, 4) is 17.2 Å². The van der Waals surface area contributed by atoms with Crippen molar-refractivity contribution in [2.45, 2.75) is 20.3 Å². The molecule has 2 heterocycles. The van der Waals surface area contributed by atoms with Gasteiger partial charge in [0.15, 0.2) is 12.0 Å². The SMILES string of the molecule is CCc1cc(-c2ccc(C=O)o2)c(C)nc1OC. The summed E-state index contributed by atoms with van der Waals surface area (Å²) in [7, 11) is 1.61. The third kappa shape index (κ3) is 2.14. The second-order valence-corrected chi connectivity index (χ2v) is 3.96. The summed E-state index contributed by atoms with van der Waals surface area (Å²) >= 11 is 0. The molecule has 0 unspecified atom stereocenters. The first-order valence-electron chi connectivity index (χ1n) is 5.79. The molecular formula is C14H15NO3. The molecule has 2 rings (SSSR count). The Balaban J connectivity index is 2.53. The van der Waals surface area contributed by atoms with Gasteiger partial charge < -0.3 is 9.15 Å². The maximum atomic E-state index is 10.6. The van der Waals surface area contributed by atoms with Crippen molar-refractivity contribution < 1.29 is 13.9 Å². The summed E-state index contributed by atoms with van der Waals surface area (Å²) in [5.41, 5.74) is 2.72. The van der Waals surface area contributed by atoms with E-state index in [0.29, 0.717) is 23.7 Å². The van der Waals surface area contributed by atoms with Crippen LogP contribution in [0.5, 0.6) is 5.88 Å². The molecule has 94 valence electrons. The van der Waals surface area contributed by atoms with Gasteiger partial charge in [0, 0.05) is 11.1 Å². The standard InChI is InChI=1S/C14H15NO3/c1-4-10-7-12(9(2)15-14(10)17-3)13-6-5-11(8-16)18-13/h5-8H,4H2,1-3H3. The number of methoxy groups -OCH3 is 1. The van der Waals surface area contributed by atoms with Gasteiger partial charge in [-0.1, -0.05) is 6.92 Å². The molecule has 0 aliphatic rings. The highest BCUT2D eigenvalue weighted by Crippen LogP contribution is 2.29. The monoisotopic (exact) mass is 245 g/mol. The van der Waals surface area contributed by atoms with Gasteiger partial charge in [-0.2, -0.15) is 0 Å². The molecule has 0 fully saturated rings. The van der Waals surface area contributed by atoms with Crippen LogP contribution in [-0.2, 0) is 6.42 Å². The summed E-state index contributed by atoms with van der Waals surface area (Å²) in [6.07, 6.45) is 1.52. The van der Waals surface area contributed by atoms with Crippen LogP contribution in [0.25, 0.3) is 11.3 Å². The lowest BCUT2D eigenvalue weighted by Crippen LogP contribution is -1.98. The minimum absolute atomic E-state index is 0.318. The number of furan rings is 1. The Hall–Kier alpha value is -2.10. The molecule has 4 heteroatoms. The van der Waals surface area contributed by atoms with E-state index in [2.05, 4.69) is 4.98 Å². The van der Waals surface area contributed by atoms with E-state index >= 15 is 0 Å². The molecule has 0 N–H and O–H groups in total. The first-order chi connectivity index (χ1) is 8.69. The van der Waals surface area contributed by atoms with Crippen LogP contribution >= 0.6 is 0 Å². The third-order valence-corrected chi connectivity index (χ3v) is 2.83. The molecule has 0 saturated carbocycles. The van der Waals surface area contributed by atoms with E-state index < -0.39 is 0 Å². The molecular weight excluding hydrogens is 230 g/mol. The van der Waals surface area contributed by atoms with Crippen LogP contribution in [0.2, 0.25) is 0 Å². The van der Waals surface area contributed by atoms with Crippen molar-refractivity contribution in [1.82, 2.24) is 4.98 Å². The lowest BCUT2D eigenvalue weighted by Gasteiger charge is -2.09. The van der Waals surface area contributed by atoms with Gasteiger partial charge in [0.25, 0.3) is 0 Å². The second kappa shape index (κ2) is 5.04. The summed E-state index contributed by atoms with van der Waals surface area (Å²) in [5.74, 6) is 1.61. The number of hydrogen-bond acceptors (Lipinski definition) is 4. The Morgan fingerprint density at radius 1 is 1.44 bits per heavy atom. The first-order valence-corrected chi connectivity index (χ1v) is 5.79. The Morgan fingerprint density at radius 2 is 2.22 bits per heavy atom. The average Bonchev–Trinajstić information content (AvgIpc) is 2.86. The topological polar surface area (TPSA) is 52.3 Å². The van der Waals surface area contributed by atoms with Crippen molar-refractivity contribution >= 4 is 6.29 Å². The number of hydrogen-bond donors (Lipinski definition) is 0. The minimum Gasteiger partial charge on any atom is -0.481 e. The number of carbonyl (C=O) groups excluding carboxylic acids is 1. The van der Waals surface area contributed by atoms with E-state index in [1.54, 1.807) is 19.2 Å². The number of aryl methyl sites for hydroxylation is 2. The van der Waals surface area contributed by atoms with E-state index in [1.807, 2.05) is 19.9 Å². The van der Waals surface area contributed by atoms with Crippen molar-refractivity contribution in [2.24, 2.45) is 0 Å². The molecule has 0 aliphatic carbocycles. The molecule has 18 heavy (non-hydrogen) atoms. The molecule has 0 spiro atoms. The Bertz CT molecular complexity index is 572. The molecule has 0 radical (unpaired) electrons. The van der Waals surface area contributed by atoms with Crippen molar-refractivity contribution in [2.75, 3.05) is 7.11 Å². The number of carbonyl (C=O) groups is 1. The first kappa shape index (κ1) is 12.4. The lowest BCUT2D eigenvalue weighted by molar-refractivity contribution is 0.110. The highest BCUT2D eigenvalue weighted by molar-refractivity contribution is 5.73. The summed E-state index contributed by atoms with van der Waals surface area (Å²) < 4.78 is 10.7. The normalized spacial score (nSPS) is 10.4. The van der Waals surface area contributed by atoms with Crippen LogP contribution in [-0.4, -0.2) is 18.4 Å². The van der Waals surface area contributed by atoms with E-state index in [0.717, 1.165) is 23.2 Å². The molecule has 2 aromatic rings. The molecule has 2 aromatic heterocycles. The minimum atomic E-state index is 0.318. The number of aldehydes is 1. The fourth-order valence-electron chi connectivity index (χ4n) is 1.87. The molecule has 0 bridgehead atoms. The molecule has 0 saturated heterocycles. The predicted molar refractivity (Wildman–Crippen MR) is 68.0 cm³/mol. The number of nitrogens with zero attached hydrogens (tertiary/aromatic N) is 1. The summed E-state index contributed by atoms with van der Waals surface area (Å²) in [5, 5.41) is 0. The Kier molecular flexibility index (Phi) is 3.46. The zero-order valence-electron chi connectivity index (χ0n) is 10.7. The summed E-state index contributed by atoms with van der Waals surface area (Å²) in [6, 6.07) is 5.42. The maximum absolute atomic E-state index is 10.6. The quantitative estimate of drug-likeness (QED) is 0.777.